The minimum absolute atomic E-state index is 1.37. The van der Waals surface area contributed by atoms with Crippen LogP contribution in [0.3, 0.4) is 0 Å². The van der Waals surface area contributed by atoms with Crippen LogP contribution >= 0.6 is 0 Å². The van der Waals surface area contributed by atoms with E-state index in [1.807, 2.05) is 0 Å². The van der Waals surface area contributed by atoms with E-state index in [2.05, 4.69) is 25.5 Å². The molecule has 15 heavy (non-hydrogen) atoms. The van der Waals surface area contributed by atoms with E-state index in [0.29, 0.717) is 0 Å². The second kappa shape index (κ2) is 19.5. The van der Waals surface area contributed by atoms with Crippen molar-refractivity contribution in [3.63, 3.8) is 0 Å². The van der Waals surface area contributed by atoms with Crippen molar-refractivity contribution in [2.75, 3.05) is 0 Å². The Hall–Kier alpha value is -0.0800. The van der Waals surface area contributed by atoms with Crippen LogP contribution < -0.4 is 11.7 Å². The molecule has 0 aromatic heterocycles. The van der Waals surface area contributed by atoms with E-state index in [4.69, 9.17) is 0 Å². The molecule has 0 spiro atoms. The van der Waals surface area contributed by atoms with Gasteiger partial charge in [-0.2, -0.15) is 0 Å². The fourth-order valence-corrected chi connectivity index (χ4v) is 1.74. The molecule has 0 aliphatic heterocycles. The summed E-state index contributed by atoms with van der Waals surface area (Å²) >= 11 is 0. The van der Waals surface area contributed by atoms with Crippen LogP contribution in [0.5, 0.6) is 0 Å². The van der Waals surface area contributed by atoms with E-state index < -0.39 is 0 Å². The molecule has 4 N–H and O–H groups in total. The van der Waals surface area contributed by atoms with Crippen LogP contribution in [-0.4, -0.2) is 0 Å². The van der Waals surface area contributed by atoms with Crippen LogP contribution in [0.15, 0.2) is 0 Å². The zero-order chi connectivity index (χ0) is 11.8. The van der Waals surface area contributed by atoms with Crippen LogP contribution in [0.2, 0.25) is 0 Å². The van der Waals surface area contributed by atoms with Gasteiger partial charge in [-0.15, -0.1) is 0 Å². The van der Waals surface area contributed by atoms with Crippen LogP contribution in [0, 0.1) is 0 Å². The maximum absolute atomic E-state index is 4.00. The minimum atomic E-state index is 1.37. The minimum Gasteiger partial charge on any atom is -0.274 e. The summed E-state index contributed by atoms with van der Waals surface area (Å²) in [6.45, 7) is 4.56. The first-order valence-corrected chi connectivity index (χ1v) is 6.75. The average molecular weight is 216 g/mol. The third-order valence-corrected chi connectivity index (χ3v) is 2.71. The number of hydrogen-bond acceptors (Lipinski definition) is 2. The molecule has 0 saturated heterocycles. The van der Waals surface area contributed by atoms with Crippen molar-refractivity contribution in [1.29, 1.82) is 0 Å². The standard InChI is InChI=1S/C13H28.H4N2/c1-3-5-7-9-11-13-12-10-8-6-4-2;1-2/h3-13H2,1-2H3;1-2H2. The van der Waals surface area contributed by atoms with Gasteiger partial charge in [-0.05, 0) is 0 Å². The number of nitrogens with two attached hydrogens (primary N) is 2. The lowest BCUT2D eigenvalue weighted by molar-refractivity contribution is 0.554. The van der Waals surface area contributed by atoms with Crippen LogP contribution in [-0.2, 0) is 0 Å². The van der Waals surface area contributed by atoms with Gasteiger partial charge in [0, 0.05) is 0 Å². The fourth-order valence-electron chi connectivity index (χ4n) is 1.74. The molecule has 0 radical (unpaired) electrons. The maximum atomic E-state index is 4.00. The first-order chi connectivity index (χ1) is 7.41. The molecule has 0 aliphatic rings. The molecular formula is C13H32N2. The lowest BCUT2D eigenvalue weighted by Crippen LogP contribution is -2.02. The Morgan fingerprint density at radius 1 is 0.467 bits per heavy atom. The molecule has 0 aromatic carbocycles. The van der Waals surface area contributed by atoms with E-state index in [0.717, 1.165) is 0 Å². The monoisotopic (exact) mass is 216 g/mol. The zero-order valence-corrected chi connectivity index (χ0v) is 10.9. The van der Waals surface area contributed by atoms with E-state index in [1.54, 1.807) is 0 Å². The Bertz CT molecular complexity index is 74.6. The first-order valence-electron chi connectivity index (χ1n) is 6.75. The average Bonchev–Trinajstić information content (AvgIpc) is 2.30. The summed E-state index contributed by atoms with van der Waals surface area (Å²) in [5.74, 6) is 8.00. The number of unbranched alkanes of at least 4 members (excludes halogenated alkanes) is 10. The molecule has 0 aromatic rings. The third-order valence-electron chi connectivity index (χ3n) is 2.71. The van der Waals surface area contributed by atoms with Crippen molar-refractivity contribution in [1.82, 2.24) is 0 Å². The molecule has 0 aliphatic carbocycles. The van der Waals surface area contributed by atoms with Crippen molar-refractivity contribution >= 4 is 0 Å². The highest BCUT2D eigenvalue weighted by Crippen LogP contribution is 2.10. The van der Waals surface area contributed by atoms with Gasteiger partial charge in [0.2, 0.25) is 0 Å². The van der Waals surface area contributed by atoms with Gasteiger partial charge >= 0.3 is 0 Å². The number of rotatable bonds is 10. The quantitative estimate of drug-likeness (QED) is 0.328. The Balaban J connectivity index is 0. The Morgan fingerprint density at radius 2 is 0.667 bits per heavy atom. The van der Waals surface area contributed by atoms with Gasteiger partial charge in [0.05, 0.1) is 0 Å². The normalized spacial score (nSPS) is 9.60. The highest BCUT2D eigenvalue weighted by Gasteiger charge is 1.90. The third kappa shape index (κ3) is 20.1. The SMILES string of the molecule is CCCCCCCCCCCCC.NN. The lowest BCUT2D eigenvalue weighted by Gasteiger charge is -2.00. The molecule has 0 heterocycles. The molecule has 0 unspecified atom stereocenters. The van der Waals surface area contributed by atoms with Crippen LogP contribution in [0.1, 0.15) is 84.5 Å². The Labute approximate surface area is 96.8 Å². The number of hydrazine groups is 1. The summed E-state index contributed by atoms with van der Waals surface area (Å²) in [6.07, 6.45) is 15.9. The number of hydrogen-bond donors (Lipinski definition) is 2. The summed E-state index contributed by atoms with van der Waals surface area (Å²) in [7, 11) is 0. The van der Waals surface area contributed by atoms with E-state index in [-0.39, 0.29) is 0 Å². The maximum Gasteiger partial charge on any atom is -0.0533 e. The van der Waals surface area contributed by atoms with Gasteiger partial charge < -0.3 is 0 Å². The lowest BCUT2D eigenvalue weighted by atomic mass is 10.1. The topological polar surface area (TPSA) is 52.0 Å². The van der Waals surface area contributed by atoms with Gasteiger partial charge in [-0.1, -0.05) is 84.5 Å². The highest BCUT2D eigenvalue weighted by atomic mass is 15.0. The predicted molar refractivity (Wildman–Crippen MR) is 70.5 cm³/mol. The summed E-state index contributed by atoms with van der Waals surface area (Å²) in [5.41, 5.74) is 0. The second-order valence-corrected chi connectivity index (χ2v) is 4.18. The van der Waals surface area contributed by atoms with E-state index >= 15 is 0 Å². The molecule has 0 rings (SSSR count). The van der Waals surface area contributed by atoms with E-state index in [1.165, 1.54) is 70.6 Å². The van der Waals surface area contributed by atoms with Gasteiger partial charge in [0.25, 0.3) is 0 Å². The summed E-state index contributed by atoms with van der Waals surface area (Å²) < 4.78 is 0. The van der Waals surface area contributed by atoms with Crippen molar-refractivity contribution in [3.05, 3.63) is 0 Å². The van der Waals surface area contributed by atoms with E-state index in [9.17, 15) is 0 Å². The summed E-state index contributed by atoms with van der Waals surface area (Å²) in [4.78, 5) is 0. The van der Waals surface area contributed by atoms with Gasteiger partial charge in [0.1, 0.15) is 0 Å². The van der Waals surface area contributed by atoms with Crippen molar-refractivity contribution < 1.29 is 0 Å². The zero-order valence-electron chi connectivity index (χ0n) is 10.9. The molecular weight excluding hydrogens is 184 g/mol. The molecule has 2 nitrogen and oxygen atoms in total. The van der Waals surface area contributed by atoms with Gasteiger partial charge in [0.15, 0.2) is 0 Å². The Morgan fingerprint density at radius 3 is 0.867 bits per heavy atom. The summed E-state index contributed by atoms with van der Waals surface area (Å²) in [5, 5.41) is 0. The second-order valence-electron chi connectivity index (χ2n) is 4.18. The highest BCUT2D eigenvalue weighted by molar-refractivity contribution is 4.46. The fraction of sp³-hybridized carbons (Fsp3) is 1.00. The van der Waals surface area contributed by atoms with Crippen LogP contribution in [0.25, 0.3) is 0 Å². The molecule has 0 saturated carbocycles. The molecule has 2 heteroatoms. The van der Waals surface area contributed by atoms with Crippen molar-refractivity contribution in [3.8, 4) is 0 Å². The van der Waals surface area contributed by atoms with Crippen molar-refractivity contribution in [2.24, 2.45) is 11.7 Å². The summed E-state index contributed by atoms with van der Waals surface area (Å²) in [6, 6.07) is 0. The first kappa shape index (κ1) is 17.3. The van der Waals surface area contributed by atoms with Gasteiger partial charge in [-0.25, -0.2) is 0 Å². The molecule has 94 valence electrons. The Kier molecular flexibility index (Phi) is 22.5. The molecule has 0 amide bonds. The predicted octanol–water partition coefficient (Wildman–Crippen LogP) is 4.14. The molecule has 0 bridgehead atoms. The van der Waals surface area contributed by atoms with Gasteiger partial charge in [-0.3, -0.25) is 11.7 Å². The smallest absolute Gasteiger partial charge is 0.0533 e. The van der Waals surface area contributed by atoms with Crippen molar-refractivity contribution in [2.45, 2.75) is 84.5 Å². The van der Waals surface area contributed by atoms with Crippen LogP contribution in [0.4, 0.5) is 0 Å². The largest absolute Gasteiger partial charge is 0.274 e. The molecule has 0 atom stereocenters. The molecule has 0 fully saturated rings.